The maximum Gasteiger partial charge on any atom is 0.286 e. The predicted molar refractivity (Wildman–Crippen MR) is 80.2 cm³/mol. The minimum absolute atomic E-state index is 0.152. The van der Waals surface area contributed by atoms with Crippen molar-refractivity contribution >= 4 is 11.6 Å². The molecular weight excluding hydrogens is 308 g/mol. The van der Waals surface area contributed by atoms with E-state index >= 15 is 0 Å². The van der Waals surface area contributed by atoms with Crippen molar-refractivity contribution in [3.63, 3.8) is 0 Å². The van der Waals surface area contributed by atoms with Crippen LogP contribution in [-0.2, 0) is 6.54 Å². The topological polar surface area (TPSA) is 82.7 Å². The van der Waals surface area contributed by atoms with Crippen LogP contribution in [0.1, 0.15) is 18.9 Å². The minimum Gasteiger partial charge on any atom is -0.373 e. The van der Waals surface area contributed by atoms with Crippen molar-refractivity contribution < 1.29 is 10.0 Å². The summed E-state index contributed by atoms with van der Waals surface area (Å²) in [7, 11) is 0. The minimum atomic E-state index is -0.674. The summed E-state index contributed by atoms with van der Waals surface area (Å²) in [6.07, 6.45) is 1.27. The molecule has 3 heterocycles. The third-order valence-electron chi connectivity index (χ3n) is 4.17. The molecule has 1 N–H and O–H groups in total. The summed E-state index contributed by atoms with van der Waals surface area (Å²) in [5.41, 5.74) is 1.10. The number of nitro groups is 1. The van der Waals surface area contributed by atoms with E-state index < -0.39 is 6.23 Å². The highest BCUT2D eigenvalue weighted by Crippen LogP contribution is 2.36. The first-order valence-electron chi connectivity index (χ1n) is 7.15. The summed E-state index contributed by atoms with van der Waals surface area (Å²) in [6, 6.07) is 3.55. The van der Waals surface area contributed by atoms with Crippen molar-refractivity contribution in [3.05, 3.63) is 50.7 Å². The second-order valence-electron chi connectivity index (χ2n) is 5.73. The lowest BCUT2D eigenvalue weighted by Gasteiger charge is -2.35. The zero-order valence-corrected chi connectivity index (χ0v) is 12.9. The van der Waals surface area contributed by atoms with Gasteiger partial charge in [0.05, 0.1) is 4.92 Å². The molecule has 0 radical (unpaired) electrons. The van der Waals surface area contributed by atoms with Crippen LogP contribution in [0.15, 0.2) is 29.8 Å². The van der Waals surface area contributed by atoms with Gasteiger partial charge in [0, 0.05) is 38.2 Å². The van der Waals surface area contributed by atoms with Crippen molar-refractivity contribution in [2.45, 2.75) is 26.1 Å². The number of hydrogen-bond donors (Lipinski definition) is 1. The zero-order valence-electron chi connectivity index (χ0n) is 12.1. The van der Waals surface area contributed by atoms with Crippen LogP contribution in [-0.4, -0.2) is 44.1 Å². The molecule has 0 amide bonds. The summed E-state index contributed by atoms with van der Waals surface area (Å²) >= 11 is 5.77. The molecule has 8 heteroatoms. The average molecular weight is 325 g/mol. The third kappa shape index (κ3) is 2.62. The highest BCUT2D eigenvalue weighted by Gasteiger charge is 2.43. The van der Waals surface area contributed by atoms with Gasteiger partial charge in [0.1, 0.15) is 11.4 Å². The van der Waals surface area contributed by atoms with Crippen molar-refractivity contribution in [1.29, 1.82) is 0 Å². The highest BCUT2D eigenvalue weighted by atomic mass is 35.5. The molecule has 2 aliphatic heterocycles. The quantitative estimate of drug-likeness (QED) is 0.517. The smallest absolute Gasteiger partial charge is 0.286 e. The summed E-state index contributed by atoms with van der Waals surface area (Å²) in [4.78, 5) is 18.7. The van der Waals surface area contributed by atoms with Gasteiger partial charge in [-0.25, -0.2) is 4.98 Å². The average Bonchev–Trinajstić information content (AvgIpc) is 2.89. The molecular formula is C14H17ClN4O3. The van der Waals surface area contributed by atoms with Crippen LogP contribution in [0.2, 0.25) is 5.15 Å². The van der Waals surface area contributed by atoms with Gasteiger partial charge in [0.25, 0.3) is 5.70 Å². The van der Waals surface area contributed by atoms with E-state index in [1.807, 2.05) is 17.9 Å². The van der Waals surface area contributed by atoms with Gasteiger partial charge in [-0.3, -0.25) is 10.1 Å². The Labute approximate surface area is 133 Å². The maximum absolute atomic E-state index is 11.4. The van der Waals surface area contributed by atoms with Gasteiger partial charge < -0.3 is 14.9 Å². The van der Waals surface area contributed by atoms with Crippen LogP contribution < -0.4 is 0 Å². The van der Waals surface area contributed by atoms with Crippen molar-refractivity contribution in [2.24, 2.45) is 5.92 Å². The van der Waals surface area contributed by atoms with Crippen LogP contribution in [0.5, 0.6) is 0 Å². The van der Waals surface area contributed by atoms with E-state index in [1.165, 1.54) is 0 Å². The second kappa shape index (κ2) is 5.73. The number of halogens is 1. The van der Waals surface area contributed by atoms with Crippen molar-refractivity contribution in [3.8, 4) is 0 Å². The maximum atomic E-state index is 11.4. The molecule has 2 unspecified atom stereocenters. The zero-order chi connectivity index (χ0) is 15.9. The Morgan fingerprint density at radius 3 is 2.91 bits per heavy atom. The molecule has 3 rings (SSSR count). The fourth-order valence-corrected chi connectivity index (χ4v) is 3.18. The van der Waals surface area contributed by atoms with Gasteiger partial charge >= 0.3 is 0 Å². The molecule has 0 saturated carbocycles. The number of allylic oxidation sites excluding steroid dienone is 1. The van der Waals surface area contributed by atoms with Gasteiger partial charge in [-0.1, -0.05) is 24.6 Å². The van der Waals surface area contributed by atoms with E-state index in [4.69, 9.17) is 11.6 Å². The fraction of sp³-hybridized carbons (Fsp3) is 0.500. The van der Waals surface area contributed by atoms with Crippen LogP contribution in [0.25, 0.3) is 0 Å². The van der Waals surface area contributed by atoms with E-state index in [-0.39, 0.29) is 23.0 Å². The SMILES string of the molecule is CC1CC([N+](=O)[O-])=C2N(Cc3ccc(Cl)nc3)CCN2C1O. The molecule has 1 fully saturated rings. The number of hydrogen-bond acceptors (Lipinski definition) is 6. The van der Waals surface area contributed by atoms with Crippen molar-refractivity contribution in [2.75, 3.05) is 13.1 Å². The number of rotatable bonds is 3. The number of aliphatic hydroxyl groups excluding tert-OH is 1. The highest BCUT2D eigenvalue weighted by molar-refractivity contribution is 6.29. The van der Waals surface area contributed by atoms with E-state index in [1.54, 1.807) is 17.2 Å². The van der Waals surface area contributed by atoms with Crippen molar-refractivity contribution in [1.82, 2.24) is 14.8 Å². The molecule has 7 nitrogen and oxygen atoms in total. The largest absolute Gasteiger partial charge is 0.373 e. The van der Waals surface area contributed by atoms with E-state index in [2.05, 4.69) is 4.98 Å². The third-order valence-corrected chi connectivity index (χ3v) is 4.39. The van der Waals surface area contributed by atoms with Gasteiger partial charge in [-0.05, 0) is 11.6 Å². The molecule has 0 aliphatic carbocycles. The molecule has 0 aromatic carbocycles. The lowest BCUT2D eigenvalue weighted by atomic mass is 9.99. The van der Waals surface area contributed by atoms with Gasteiger partial charge in [-0.2, -0.15) is 0 Å². The molecule has 1 aromatic heterocycles. The lowest BCUT2D eigenvalue weighted by Crippen LogP contribution is -2.43. The van der Waals surface area contributed by atoms with Crippen LogP contribution in [0.3, 0.4) is 0 Å². The first-order chi connectivity index (χ1) is 10.5. The Balaban J connectivity index is 1.91. The summed E-state index contributed by atoms with van der Waals surface area (Å²) in [5.74, 6) is 0.381. The van der Waals surface area contributed by atoms with E-state index in [0.717, 1.165) is 5.56 Å². The Hall–Kier alpha value is -1.86. The first-order valence-corrected chi connectivity index (χ1v) is 7.53. The van der Waals surface area contributed by atoms with E-state index in [9.17, 15) is 15.2 Å². The van der Waals surface area contributed by atoms with E-state index in [0.29, 0.717) is 30.6 Å². The normalized spacial score (nSPS) is 24.7. The Bertz CT molecular complexity index is 619. The molecule has 0 bridgehead atoms. The number of aliphatic hydroxyl groups is 1. The fourth-order valence-electron chi connectivity index (χ4n) is 3.07. The van der Waals surface area contributed by atoms with Gasteiger partial charge in [0.2, 0.25) is 0 Å². The molecule has 1 aromatic rings. The van der Waals surface area contributed by atoms with Gasteiger partial charge in [-0.15, -0.1) is 0 Å². The Morgan fingerprint density at radius 1 is 1.50 bits per heavy atom. The summed E-state index contributed by atoms with van der Waals surface area (Å²) in [5, 5.41) is 22.1. The predicted octanol–water partition coefficient (Wildman–Crippen LogP) is 1.66. The van der Waals surface area contributed by atoms with Crippen LogP contribution in [0.4, 0.5) is 0 Å². The molecule has 0 spiro atoms. The monoisotopic (exact) mass is 324 g/mol. The number of fused-ring (bicyclic) bond motifs is 1. The Kier molecular flexibility index (Phi) is 3.92. The molecule has 22 heavy (non-hydrogen) atoms. The Morgan fingerprint density at radius 2 is 2.27 bits per heavy atom. The molecule has 2 atom stereocenters. The second-order valence-corrected chi connectivity index (χ2v) is 6.11. The lowest BCUT2D eigenvalue weighted by molar-refractivity contribution is -0.435. The summed E-state index contributed by atoms with van der Waals surface area (Å²) < 4.78 is 0. The summed E-state index contributed by atoms with van der Waals surface area (Å²) in [6.45, 7) is 3.56. The number of pyridine rings is 1. The molecule has 2 aliphatic rings. The first kappa shape index (κ1) is 15.1. The number of nitrogens with zero attached hydrogens (tertiary/aromatic N) is 4. The molecule has 1 saturated heterocycles. The van der Waals surface area contributed by atoms with Gasteiger partial charge in [0.15, 0.2) is 5.82 Å². The standard InChI is InChI=1S/C14H17ClN4O3/c1-9-6-11(19(21)22)13-17(4-5-18(13)14(9)20)8-10-2-3-12(15)16-7-10/h2-3,7,9,14,20H,4-6,8H2,1H3. The molecule has 118 valence electrons. The number of aromatic nitrogens is 1. The van der Waals surface area contributed by atoms with Crippen LogP contribution in [0, 0.1) is 16.0 Å². The van der Waals surface area contributed by atoms with Crippen LogP contribution >= 0.6 is 11.6 Å².